The van der Waals surface area contributed by atoms with E-state index in [0.717, 1.165) is 32.1 Å². The zero-order valence-electron chi connectivity index (χ0n) is 11.9. The minimum atomic E-state index is -0.0129. The summed E-state index contributed by atoms with van der Waals surface area (Å²) in [4.78, 5) is 4.22. The highest BCUT2D eigenvalue weighted by Gasteiger charge is 2.29. The van der Waals surface area contributed by atoms with Crippen LogP contribution in [0.1, 0.15) is 46.0 Å². The van der Waals surface area contributed by atoms with E-state index in [0.29, 0.717) is 0 Å². The van der Waals surface area contributed by atoms with Crippen molar-refractivity contribution in [3.05, 3.63) is 0 Å². The molecule has 108 valence electrons. The normalized spacial score (nSPS) is 23.6. The number of unbranched alkanes of at least 4 members (excludes halogenated alkanes) is 2. The second-order valence-corrected chi connectivity index (χ2v) is 4.96. The summed E-state index contributed by atoms with van der Waals surface area (Å²) in [6.07, 6.45) is 6.02. The lowest BCUT2D eigenvalue weighted by Crippen LogP contribution is -2.45. The van der Waals surface area contributed by atoms with Crippen molar-refractivity contribution in [1.29, 1.82) is 0 Å². The van der Waals surface area contributed by atoms with Gasteiger partial charge in [0.1, 0.15) is 0 Å². The fraction of sp³-hybridized carbons (Fsp3) is 0.923. The Kier molecular flexibility index (Phi) is 9.81. The standard InChI is InChI=1S/C13H27N3O.HI/c1-4-5-6-9-15-12(14-3)16-11-13(2)8-7-10-17-13;/h4-11H2,1-3H3,(H2,14,15,16);1H. The molecule has 0 bridgehead atoms. The molecule has 0 aliphatic carbocycles. The van der Waals surface area contributed by atoms with Crippen LogP contribution >= 0.6 is 24.0 Å². The topological polar surface area (TPSA) is 45.7 Å². The lowest BCUT2D eigenvalue weighted by molar-refractivity contribution is 0.0243. The largest absolute Gasteiger partial charge is 0.373 e. The molecule has 1 rings (SSSR count). The van der Waals surface area contributed by atoms with Gasteiger partial charge in [-0.05, 0) is 26.2 Å². The van der Waals surface area contributed by atoms with Crippen molar-refractivity contribution in [2.24, 2.45) is 4.99 Å². The Labute approximate surface area is 128 Å². The minimum Gasteiger partial charge on any atom is -0.373 e. The van der Waals surface area contributed by atoms with Gasteiger partial charge in [0.05, 0.1) is 5.60 Å². The SMILES string of the molecule is CCCCCNC(=NC)NCC1(C)CCCO1.I. The molecule has 0 saturated carbocycles. The number of hydrogen-bond donors (Lipinski definition) is 2. The van der Waals surface area contributed by atoms with Crippen molar-refractivity contribution in [3.63, 3.8) is 0 Å². The molecular formula is C13H28IN3O. The molecule has 18 heavy (non-hydrogen) atoms. The maximum Gasteiger partial charge on any atom is 0.191 e. The molecule has 1 atom stereocenters. The van der Waals surface area contributed by atoms with Gasteiger partial charge < -0.3 is 15.4 Å². The number of hydrogen-bond acceptors (Lipinski definition) is 2. The van der Waals surface area contributed by atoms with E-state index < -0.39 is 0 Å². The first-order valence-electron chi connectivity index (χ1n) is 6.78. The maximum absolute atomic E-state index is 5.73. The van der Waals surface area contributed by atoms with Crippen molar-refractivity contribution < 1.29 is 4.74 Å². The van der Waals surface area contributed by atoms with Gasteiger partial charge in [-0.15, -0.1) is 24.0 Å². The van der Waals surface area contributed by atoms with E-state index in [1.54, 1.807) is 0 Å². The van der Waals surface area contributed by atoms with E-state index in [-0.39, 0.29) is 29.6 Å². The summed E-state index contributed by atoms with van der Waals surface area (Å²) in [5.74, 6) is 0.887. The first-order chi connectivity index (χ1) is 8.20. The van der Waals surface area contributed by atoms with Crippen LogP contribution in [0.15, 0.2) is 4.99 Å². The van der Waals surface area contributed by atoms with Gasteiger partial charge in [0.2, 0.25) is 0 Å². The lowest BCUT2D eigenvalue weighted by atomic mass is 10.0. The molecule has 0 radical (unpaired) electrons. The lowest BCUT2D eigenvalue weighted by Gasteiger charge is -2.24. The number of aliphatic imine (C=N–C) groups is 1. The molecule has 0 amide bonds. The Morgan fingerprint density at radius 1 is 1.33 bits per heavy atom. The minimum absolute atomic E-state index is 0. The highest BCUT2D eigenvalue weighted by atomic mass is 127. The van der Waals surface area contributed by atoms with Crippen molar-refractivity contribution in [1.82, 2.24) is 10.6 Å². The van der Waals surface area contributed by atoms with Crippen LogP contribution in [0, 0.1) is 0 Å². The van der Waals surface area contributed by atoms with Crippen LogP contribution in [0.25, 0.3) is 0 Å². The number of ether oxygens (including phenoxy) is 1. The Balaban J connectivity index is 0.00000289. The summed E-state index contributed by atoms with van der Waals surface area (Å²) in [6.45, 7) is 7.09. The van der Waals surface area contributed by atoms with Gasteiger partial charge in [0.15, 0.2) is 5.96 Å². The Morgan fingerprint density at radius 3 is 2.67 bits per heavy atom. The third kappa shape index (κ3) is 6.78. The number of nitrogens with one attached hydrogen (secondary N) is 2. The molecule has 1 aliphatic rings. The van der Waals surface area contributed by atoms with Crippen LogP contribution in [0.3, 0.4) is 0 Å². The monoisotopic (exact) mass is 369 g/mol. The second kappa shape index (κ2) is 9.83. The van der Waals surface area contributed by atoms with Crippen LogP contribution in [0.4, 0.5) is 0 Å². The summed E-state index contributed by atoms with van der Waals surface area (Å²) >= 11 is 0. The van der Waals surface area contributed by atoms with E-state index in [2.05, 4.69) is 29.5 Å². The third-order valence-electron chi connectivity index (χ3n) is 3.23. The molecule has 1 fully saturated rings. The van der Waals surface area contributed by atoms with E-state index in [1.807, 2.05) is 7.05 Å². The molecule has 0 spiro atoms. The van der Waals surface area contributed by atoms with E-state index >= 15 is 0 Å². The van der Waals surface area contributed by atoms with Gasteiger partial charge in [-0.3, -0.25) is 4.99 Å². The first-order valence-corrected chi connectivity index (χ1v) is 6.78. The van der Waals surface area contributed by atoms with Gasteiger partial charge in [0.25, 0.3) is 0 Å². The number of rotatable bonds is 6. The Bertz CT molecular complexity index is 240. The number of halogens is 1. The molecule has 0 aromatic rings. The summed E-state index contributed by atoms with van der Waals surface area (Å²) in [5, 5.41) is 6.67. The third-order valence-corrected chi connectivity index (χ3v) is 3.23. The molecular weight excluding hydrogens is 341 g/mol. The fourth-order valence-corrected chi connectivity index (χ4v) is 2.05. The number of nitrogens with zero attached hydrogens (tertiary/aromatic N) is 1. The van der Waals surface area contributed by atoms with Gasteiger partial charge >= 0.3 is 0 Å². The van der Waals surface area contributed by atoms with Gasteiger partial charge in [-0.2, -0.15) is 0 Å². The molecule has 1 heterocycles. The highest BCUT2D eigenvalue weighted by molar-refractivity contribution is 14.0. The highest BCUT2D eigenvalue weighted by Crippen LogP contribution is 2.23. The molecule has 1 aliphatic heterocycles. The Morgan fingerprint density at radius 2 is 2.11 bits per heavy atom. The summed E-state index contributed by atoms with van der Waals surface area (Å²) < 4.78 is 5.73. The quantitative estimate of drug-likeness (QED) is 0.327. The average molecular weight is 369 g/mol. The van der Waals surface area contributed by atoms with Crippen molar-refractivity contribution in [3.8, 4) is 0 Å². The van der Waals surface area contributed by atoms with E-state index in [4.69, 9.17) is 4.74 Å². The van der Waals surface area contributed by atoms with E-state index in [1.165, 1.54) is 25.7 Å². The van der Waals surface area contributed by atoms with Crippen molar-refractivity contribution >= 4 is 29.9 Å². The maximum atomic E-state index is 5.73. The molecule has 1 saturated heterocycles. The molecule has 0 aromatic heterocycles. The van der Waals surface area contributed by atoms with Crippen molar-refractivity contribution in [2.45, 2.75) is 51.6 Å². The fourth-order valence-electron chi connectivity index (χ4n) is 2.05. The zero-order chi connectivity index (χ0) is 12.6. The van der Waals surface area contributed by atoms with Crippen LogP contribution in [0.5, 0.6) is 0 Å². The van der Waals surface area contributed by atoms with Crippen LogP contribution in [-0.4, -0.2) is 38.3 Å². The molecule has 5 heteroatoms. The Hall–Kier alpha value is -0.0400. The zero-order valence-corrected chi connectivity index (χ0v) is 14.3. The number of guanidine groups is 1. The van der Waals surface area contributed by atoms with Gasteiger partial charge in [-0.25, -0.2) is 0 Å². The van der Waals surface area contributed by atoms with Gasteiger partial charge in [0, 0.05) is 26.7 Å². The molecule has 1 unspecified atom stereocenters. The predicted octanol–water partition coefficient (Wildman–Crippen LogP) is 2.53. The van der Waals surface area contributed by atoms with E-state index in [9.17, 15) is 0 Å². The van der Waals surface area contributed by atoms with Gasteiger partial charge in [-0.1, -0.05) is 19.8 Å². The first kappa shape index (κ1) is 18.0. The van der Waals surface area contributed by atoms with Crippen LogP contribution in [0.2, 0.25) is 0 Å². The average Bonchev–Trinajstić information content (AvgIpc) is 2.76. The molecule has 4 nitrogen and oxygen atoms in total. The predicted molar refractivity (Wildman–Crippen MR) is 87.9 cm³/mol. The summed E-state index contributed by atoms with van der Waals surface area (Å²) in [7, 11) is 1.81. The second-order valence-electron chi connectivity index (χ2n) is 4.96. The molecule has 2 N–H and O–H groups in total. The summed E-state index contributed by atoms with van der Waals surface area (Å²) in [5.41, 5.74) is -0.0129. The summed E-state index contributed by atoms with van der Waals surface area (Å²) in [6, 6.07) is 0. The van der Waals surface area contributed by atoms with Crippen LogP contribution in [-0.2, 0) is 4.74 Å². The van der Waals surface area contributed by atoms with Crippen molar-refractivity contribution in [2.75, 3.05) is 26.7 Å². The van der Waals surface area contributed by atoms with Crippen LogP contribution < -0.4 is 10.6 Å². The smallest absolute Gasteiger partial charge is 0.191 e. The molecule has 0 aromatic carbocycles.